The maximum absolute atomic E-state index is 5.47. The summed E-state index contributed by atoms with van der Waals surface area (Å²) in [5, 5.41) is 3.17. The van der Waals surface area contributed by atoms with Crippen LogP contribution in [0.5, 0.6) is 0 Å². The van der Waals surface area contributed by atoms with Crippen LogP contribution in [0.2, 0.25) is 0 Å². The van der Waals surface area contributed by atoms with Crippen LogP contribution in [0.4, 0.5) is 5.82 Å². The predicted octanol–water partition coefficient (Wildman–Crippen LogP) is 2.82. The topological polar surface area (TPSA) is 34.1 Å². The van der Waals surface area contributed by atoms with Gasteiger partial charge in [0.05, 0.1) is 13.2 Å². The summed E-state index contributed by atoms with van der Waals surface area (Å²) < 4.78 is 6.25. The van der Waals surface area contributed by atoms with Crippen molar-refractivity contribution in [3.8, 4) is 0 Å². The number of halogens is 2. The molecule has 0 radical (unpaired) electrons. The molecule has 1 rings (SSSR count). The van der Waals surface area contributed by atoms with E-state index in [1.165, 1.54) is 0 Å². The Balaban J connectivity index is 2.28. The number of hydrogen-bond donors (Lipinski definition) is 1. The molecule has 0 unspecified atom stereocenters. The minimum absolute atomic E-state index is 0.537. The van der Waals surface area contributed by atoms with Crippen LogP contribution in [0.15, 0.2) is 16.7 Å². The van der Waals surface area contributed by atoms with Crippen molar-refractivity contribution < 1.29 is 4.74 Å². The smallest absolute Gasteiger partial charge is 0.126 e. The summed E-state index contributed by atoms with van der Waals surface area (Å²) in [7, 11) is 0. The third-order valence-corrected chi connectivity index (χ3v) is 2.81. The van der Waals surface area contributed by atoms with Crippen LogP contribution < -0.4 is 5.32 Å². The molecule has 0 amide bonds. The Kier molecular flexibility index (Phi) is 5.98. The molecule has 0 aromatic carbocycles. The van der Waals surface area contributed by atoms with Gasteiger partial charge in [-0.25, -0.2) is 4.98 Å². The molecule has 0 bridgehead atoms. The number of rotatable bonds is 6. The van der Waals surface area contributed by atoms with Gasteiger partial charge >= 0.3 is 0 Å². The highest BCUT2D eigenvalue weighted by atomic mass is 79.9. The van der Waals surface area contributed by atoms with Crippen LogP contribution in [0.25, 0.3) is 0 Å². The predicted molar refractivity (Wildman–Crippen MR) is 66.7 cm³/mol. The molecule has 3 nitrogen and oxygen atoms in total. The summed E-state index contributed by atoms with van der Waals surface area (Å²) in [6.07, 6.45) is 1.79. The van der Waals surface area contributed by atoms with Gasteiger partial charge in [0.25, 0.3) is 0 Å². The number of nitrogens with one attached hydrogen (secondary N) is 1. The van der Waals surface area contributed by atoms with Gasteiger partial charge < -0.3 is 10.1 Å². The van der Waals surface area contributed by atoms with Gasteiger partial charge in [0.2, 0.25) is 0 Å². The number of anilines is 1. The molecule has 0 spiro atoms. The molecule has 0 atom stereocenters. The monoisotopic (exact) mass is 292 g/mol. The number of ether oxygens (including phenoxy) is 1. The minimum Gasteiger partial charge on any atom is -0.378 e. The lowest BCUT2D eigenvalue weighted by Crippen LogP contribution is -2.11. The average Bonchev–Trinajstić information content (AvgIpc) is 2.23. The van der Waals surface area contributed by atoms with Gasteiger partial charge in [-0.05, 0) is 34.5 Å². The van der Waals surface area contributed by atoms with Crippen molar-refractivity contribution in [2.45, 2.75) is 6.92 Å². The summed E-state index contributed by atoms with van der Waals surface area (Å²) in [4.78, 5) is 4.22. The largest absolute Gasteiger partial charge is 0.378 e. The van der Waals surface area contributed by atoms with E-state index >= 15 is 0 Å². The molecular formula is C10H14BrClN2O. The fourth-order valence-electron chi connectivity index (χ4n) is 1.04. The van der Waals surface area contributed by atoms with E-state index in [1.54, 1.807) is 6.20 Å². The Morgan fingerprint density at radius 3 is 3.00 bits per heavy atom. The van der Waals surface area contributed by atoms with Gasteiger partial charge in [0.1, 0.15) is 5.82 Å². The van der Waals surface area contributed by atoms with E-state index in [9.17, 15) is 0 Å². The van der Waals surface area contributed by atoms with Gasteiger partial charge in [-0.3, -0.25) is 0 Å². The molecule has 0 aliphatic rings. The minimum atomic E-state index is 0.537. The van der Waals surface area contributed by atoms with Gasteiger partial charge in [0, 0.05) is 23.1 Å². The van der Waals surface area contributed by atoms with Crippen molar-refractivity contribution >= 4 is 33.3 Å². The number of nitrogens with zero attached hydrogens (tertiary/aromatic N) is 1. The van der Waals surface area contributed by atoms with Crippen molar-refractivity contribution in [3.63, 3.8) is 0 Å². The van der Waals surface area contributed by atoms with Crippen LogP contribution in [-0.2, 0) is 4.74 Å². The summed E-state index contributed by atoms with van der Waals surface area (Å²) >= 11 is 8.87. The van der Waals surface area contributed by atoms with E-state index in [4.69, 9.17) is 16.3 Å². The first-order valence-corrected chi connectivity index (χ1v) is 6.06. The highest BCUT2D eigenvalue weighted by molar-refractivity contribution is 9.10. The van der Waals surface area contributed by atoms with E-state index in [-0.39, 0.29) is 0 Å². The maximum Gasteiger partial charge on any atom is 0.126 e. The van der Waals surface area contributed by atoms with Gasteiger partial charge in [0.15, 0.2) is 0 Å². The lowest BCUT2D eigenvalue weighted by molar-refractivity contribution is 0.160. The quantitative estimate of drug-likeness (QED) is 0.647. The van der Waals surface area contributed by atoms with Crippen LogP contribution in [0.1, 0.15) is 5.56 Å². The molecule has 1 N–H and O–H groups in total. The fourth-order valence-corrected chi connectivity index (χ4v) is 1.37. The third kappa shape index (κ3) is 4.82. The highest BCUT2D eigenvalue weighted by Crippen LogP contribution is 2.16. The van der Waals surface area contributed by atoms with Gasteiger partial charge in [-0.15, -0.1) is 11.6 Å². The van der Waals surface area contributed by atoms with E-state index in [0.29, 0.717) is 19.1 Å². The highest BCUT2D eigenvalue weighted by Gasteiger charge is 1.97. The van der Waals surface area contributed by atoms with Crippen LogP contribution >= 0.6 is 27.5 Å². The Bertz CT molecular complexity index is 309. The number of aryl methyl sites for hydroxylation is 1. The van der Waals surface area contributed by atoms with Gasteiger partial charge in [-0.1, -0.05) is 0 Å². The summed E-state index contributed by atoms with van der Waals surface area (Å²) in [5.74, 6) is 1.40. The maximum atomic E-state index is 5.47. The van der Waals surface area contributed by atoms with Crippen molar-refractivity contribution in [2.24, 2.45) is 0 Å². The zero-order valence-electron chi connectivity index (χ0n) is 8.59. The van der Waals surface area contributed by atoms with Crippen molar-refractivity contribution in [3.05, 3.63) is 22.3 Å². The zero-order valence-corrected chi connectivity index (χ0v) is 10.9. The molecule has 0 saturated heterocycles. The second kappa shape index (κ2) is 7.04. The number of alkyl halides is 1. The first kappa shape index (κ1) is 12.7. The standard InChI is InChI=1S/C10H14BrClN2O/c1-8-6-10(14-7-9(8)11)13-3-5-15-4-2-12/h6-7H,2-5H2,1H3,(H,13,14). The van der Waals surface area contributed by atoms with Gasteiger partial charge in [-0.2, -0.15) is 0 Å². The second-order valence-corrected chi connectivity index (χ2v) is 4.28. The van der Waals surface area contributed by atoms with Crippen LogP contribution in [-0.4, -0.2) is 30.6 Å². The molecule has 5 heteroatoms. The first-order chi connectivity index (χ1) is 7.24. The van der Waals surface area contributed by atoms with Crippen LogP contribution in [0, 0.1) is 6.92 Å². The van der Waals surface area contributed by atoms with E-state index in [1.807, 2.05) is 13.0 Å². The Morgan fingerprint density at radius 1 is 1.53 bits per heavy atom. The molecule has 15 heavy (non-hydrogen) atoms. The number of aromatic nitrogens is 1. The van der Waals surface area contributed by atoms with Crippen molar-refractivity contribution in [1.29, 1.82) is 0 Å². The Hall–Kier alpha value is -0.320. The van der Waals surface area contributed by atoms with Crippen molar-refractivity contribution in [1.82, 2.24) is 4.98 Å². The van der Waals surface area contributed by atoms with E-state index in [2.05, 4.69) is 26.2 Å². The van der Waals surface area contributed by atoms with Crippen molar-refractivity contribution in [2.75, 3.05) is 31.0 Å². The molecule has 1 aromatic rings. The lowest BCUT2D eigenvalue weighted by atomic mass is 10.3. The average molecular weight is 294 g/mol. The molecular weight excluding hydrogens is 279 g/mol. The lowest BCUT2D eigenvalue weighted by Gasteiger charge is -2.07. The first-order valence-electron chi connectivity index (χ1n) is 4.73. The molecule has 1 aromatic heterocycles. The zero-order chi connectivity index (χ0) is 11.1. The molecule has 84 valence electrons. The van der Waals surface area contributed by atoms with E-state index < -0.39 is 0 Å². The second-order valence-electron chi connectivity index (χ2n) is 3.05. The Morgan fingerprint density at radius 2 is 2.33 bits per heavy atom. The summed E-state index contributed by atoms with van der Waals surface area (Å²) in [5.41, 5.74) is 1.16. The summed E-state index contributed by atoms with van der Waals surface area (Å²) in [6, 6.07) is 1.99. The third-order valence-electron chi connectivity index (χ3n) is 1.82. The SMILES string of the molecule is Cc1cc(NCCOCCCl)ncc1Br. The summed E-state index contributed by atoms with van der Waals surface area (Å²) in [6.45, 7) is 4.01. The Labute approximate surface area is 103 Å². The number of hydrogen-bond acceptors (Lipinski definition) is 3. The fraction of sp³-hybridized carbons (Fsp3) is 0.500. The molecule has 0 aliphatic carbocycles. The normalized spacial score (nSPS) is 10.3. The molecule has 0 aliphatic heterocycles. The molecule has 0 fully saturated rings. The van der Waals surface area contributed by atoms with Crippen LogP contribution in [0.3, 0.4) is 0 Å². The molecule has 1 heterocycles. The molecule has 0 saturated carbocycles. The number of pyridine rings is 1. The van der Waals surface area contributed by atoms with E-state index in [0.717, 1.165) is 22.4 Å².